The second-order valence-corrected chi connectivity index (χ2v) is 5.56. The molecule has 3 heteroatoms. The summed E-state index contributed by atoms with van der Waals surface area (Å²) >= 11 is 3.48. The predicted molar refractivity (Wildman–Crippen MR) is 91.4 cm³/mol. The minimum absolute atomic E-state index is 0.843. The number of rotatable bonds is 3. The van der Waals surface area contributed by atoms with Crippen molar-refractivity contribution in [2.24, 2.45) is 0 Å². The van der Waals surface area contributed by atoms with Gasteiger partial charge in [0.25, 0.3) is 0 Å². The van der Waals surface area contributed by atoms with Crippen LogP contribution in [0.25, 0.3) is 23.1 Å². The fourth-order valence-electron chi connectivity index (χ4n) is 2.19. The molecular weight excluding hydrogens is 326 g/mol. The lowest BCUT2D eigenvalue weighted by Gasteiger charge is -2.05. The molecule has 0 fully saturated rings. The molecule has 1 aromatic heterocycles. The summed E-state index contributed by atoms with van der Waals surface area (Å²) in [6.07, 6.45) is 4.01. The number of hydrogen-bond acceptors (Lipinski definition) is 2. The first-order valence-corrected chi connectivity index (χ1v) is 7.43. The van der Waals surface area contributed by atoms with Crippen LogP contribution in [-0.2, 0) is 0 Å². The molecule has 0 aliphatic rings. The Kier molecular flexibility index (Phi) is 4.02. The molecule has 0 saturated carbocycles. The molecule has 0 N–H and O–H groups in total. The second kappa shape index (κ2) is 6.10. The number of hydrogen-bond donors (Lipinski definition) is 0. The lowest BCUT2D eigenvalue weighted by Crippen LogP contribution is -1.87. The van der Waals surface area contributed by atoms with E-state index < -0.39 is 0 Å². The van der Waals surface area contributed by atoms with Gasteiger partial charge in [0.15, 0.2) is 0 Å². The SMILES string of the molecule is COc1ccc(Br)cc1C=Cc1ccc2ccccc2n1. The van der Waals surface area contributed by atoms with E-state index in [0.29, 0.717) is 0 Å². The van der Waals surface area contributed by atoms with Crippen LogP contribution in [0.3, 0.4) is 0 Å². The van der Waals surface area contributed by atoms with Gasteiger partial charge in [-0.3, -0.25) is 0 Å². The smallest absolute Gasteiger partial charge is 0.126 e. The van der Waals surface area contributed by atoms with Gasteiger partial charge in [-0.1, -0.05) is 40.2 Å². The molecule has 3 aromatic rings. The van der Waals surface area contributed by atoms with Crippen molar-refractivity contribution in [2.45, 2.75) is 0 Å². The Hall–Kier alpha value is -2.13. The Bertz CT molecular complexity index is 811. The summed E-state index contributed by atoms with van der Waals surface area (Å²) in [4.78, 5) is 4.63. The highest BCUT2D eigenvalue weighted by Gasteiger charge is 2.00. The Labute approximate surface area is 132 Å². The van der Waals surface area contributed by atoms with Crippen molar-refractivity contribution < 1.29 is 4.74 Å². The van der Waals surface area contributed by atoms with Gasteiger partial charge in [0.05, 0.1) is 18.3 Å². The number of ether oxygens (including phenoxy) is 1. The van der Waals surface area contributed by atoms with Crippen molar-refractivity contribution in [1.29, 1.82) is 0 Å². The van der Waals surface area contributed by atoms with E-state index in [-0.39, 0.29) is 0 Å². The fraction of sp³-hybridized carbons (Fsp3) is 0.0556. The van der Waals surface area contributed by atoms with Crippen LogP contribution in [0.5, 0.6) is 5.75 Å². The molecule has 0 saturated heterocycles. The third-order valence-electron chi connectivity index (χ3n) is 3.25. The highest BCUT2D eigenvalue weighted by molar-refractivity contribution is 9.10. The molecule has 0 unspecified atom stereocenters. The number of methoxy groups -OCH3 is 1. The number of nitrogens with zero attached hydrogens (tertiary/aromatic N) is 1. The molecule has 3 rings (SSSR count). The highest BCUT2D eigenvalue weighted by Crippen LogP contribution is 2.25. The van der Waals surface area contributed by atoms with Gasteiger partial charge in [-0.05, 0) is 42.5 Å². The number of pyridine rings is 1. The average Bonchev–Trinajstić information content (AvgIpc) is 2.53. The van der Waals surface area contributed by atoms with Gasteiger partial charge in [0.1, 0.15) is 5.75 Å². The molecule has 0 spiro atoms. The molecule has 104 valence electrons. The third-order valence-corrected chi connectivity index (χ3v) is 3.74. The van der Waals surface area contributed by atoms with Crippen molar-refractivity contribution in [3.63, 3.8) is 0 Å². The Morgan fingerprint density at radius 1 is 1.00 bits per heavy atom. The summed E-state index contributed by atoms with van der Waals surface area (Å²) in [5, 5.41) is 1.15. The molecule has 2 aromatic carbocycles. The minimum atomic E-state index is 0.843. The monoisotopic (exact) mass is 339 g/mol. The minimum Gasteiger partial charge on any atom is -0.496 e. The first-order chi connectivity index (χ1) is 10.3. The van der Waals surface area contributed by atoms with Gasteiger partial charge in [-0.15, -0.1) is 0 Å². The first kappa shape index (κ1) is 13.8. The van der Waals surface area contributed by atoms with Crippen molar-refractivity contribution in [1.82, 2.24) is 4.98 Å². The van der Waals surface area contributed by atoms with Crippen LogP contribution in [0.4, 0.5) is 0 Å². The normalized spacial score (nSPS) is 11.1. The number of halogens is 1. The Morgan fingerprint density at radius 2 is 1.86 bits per heavy atom. The molecule has 1 heterocycles. The Morgan fingerprint density at radius 3 is 2.71 bits per heavy atom. The second-order valence-electron chi connectivity index (χ2n) is 4.65. The number of para-hydroxylation sites is 1. The predicted octanol–water partition coefficient (Wildman–Crippen LogP) is 5.18. The number of benzene rings is 2. The lowest BCUT2D eigenvalue weighted by molar-refractivity contribution is 0.414. The summed E-state index contributed by atoms with van der Waals surface area (Å²) < 4.78 is 6.39. The van der Waals surface area contributed by atoms with Gasteiger partial charge in [0.2, 0.25) is 0 Å². The molecule has 0 aliphatic carbocycles. The van der Waals surface area contributed by atoms with E-state index in [2.05, 4.69) is 33.0 Å². The zero-order valence-electron chi connectivity index (χ0n) is 11.6. The molecule has 0 amide bonds. The largest absolute Gasteiger partial charge is 0.496 e. The summed E-state index contributed by atoms with van der Waals surface area (Å²) in [5.74, 6) is 0.843. The van der Waals surface area contributed by atoms with E-state index in [4.69, 9.17) is 4.74 Å². The molecule has 0 atom stereocenters. The topological polar surface area (TPSA) is 22.1 Å². The maximum Gasteiger partial charge on any atom is 0.126 e. The Balaban J connectivity index is 1.96. The van der Waals surface area contributed by atoms with Crippen LogP contribution in [0.1, 0.15) is 11.3 Å². The van der Waals surface area contributed by atoms with E-state index in [1.165, 1.54) is 0 Å². The standard InChI is InChI=1S/C18H14BrNO/c1-21-18-11-8-15(19)12-14(18)7-10-16-9-6-13-4-2-3-5-17(13)20-16/h2-12H,1H3. The molecule has 21 heavy (non-hydrogen) atoms. The quantitative estimate of drug-likeness (QED) is 0.656. The van der Waals surface area contributed by atoms with E-state index in [0.717, 1.165) is 32.4 Å². The van der Waals surface area contributed by atoms with Crippen LogP contribution < -0.4 is 4.74 Å². The van der Waals surface area contributed by atoms with Crippen molar-refractivity contribution in [2.75, 3.05) is 7.11 Å². The van der Waals surface area contributed by atoms with E-state index in [9.17, 15) is 0 Å². The third kappa shape index (κ3) is 3.14. The maximum atomic E-state index is 5.37. The van der Waals surface area contributed by atoms with Crippen LogP contribution in [0, 0.1) is 0 Å². The average molecular weight is 340 g/mol. The first-order valence-electron chi connectivity index (χ1n) is 6.64. The van der Waals surface area contributed by atoms with E-state index >= 15 is 0 Å². The van der Waals surface area contributed by atoms with Gasteiger partial charge in [0, 0.05) is 15.4 Å². The molecular formula is C18H14BrNO. The zero-order chi connectivity index (χ0) is 14.7. The van der Waals surface area contributed by atoms with Gasteiger partial charge >= 0.3 is 0 Å². The van der Waals surface area contributed by atoms with Crippen LogP contribution in [0.2, 0.25) is 0 Å². The molecule has 2 nitrogen and oxygen atoms in total. The van der Waals surface area contributed by atoms with Crippen LogP contribution >= 0.6 is 15.9 Å². The maximum absolute atomic E-state index is 5.37. The van der Waals surface area contributed by atoms with Crippen molar-refractivity contribution >= 4 is 39.0 Å². The van der Waals surface area contributed by atoms with Gasteiger partial charge < -0.3 is 4.74 Å². The van der Waals surface area contributed by atoms with Crippen molar-refractivity contribution in [3.8, 4) is 5.75 Å². The molecule has 0 aliphatic heterocycles. The summed E-state index contributed by atoms with van der Waals surface area (Å²) in [6.45, 7) is 0. The van der Waals surface area contributed by atoms with Gasteiger partial charge in [-0.25, -0.2) is 4.98 Å². The number of fused-ring (bicyclic) bond motifs is 1. The highest BCUT2D eigenvalue weighted by atomic mass is 79.9. The van der Waals surface area contributed by atoms with E-state index in [1.54, 1.807) is 7.11 Å². The van der Waals surface area contributed by atoms with Crippen LogP contribution in [0.15, 0.2) is 59.1 Å². The fourth-order valence-corrected chi connectivity index (χ4v) is 2.56. The van der Waals surface area contributed by atoms with Crippen molar-refractivity contribution in [3.05, 3.63) is 70.3 Å². The lowest BCUT2D eigenvalue weighted by atomic mass is 10.1. The summed E-state index contributed by atoms with van der Waals surface area (Å²) in [6, 6.07) is 18.1. The molecule has 0 radical (unpaired) electrons. The van der Waals surface area contributed by atoms with Gasteiger partial charge in [-0.2, -0.15) is 0 Å². The zero-order valence-corrected chi connectivity index (χ0v) is 13.2. The summed E-state index contributed by atoms with van der Waals surface area (Å²) in [5.41, 5.74) is 2.94. The van der Waals surface area contributed by atoms with E-state index in [1.807, 2.05) is 54.6 Å². The van der Waals surface area contributed by atoms with Crippen LogP contribution in [-0.4, -0.2) is 12.1 Å². The number of aromatic nitrogens is 1. The summed E-state index contributed by atoms with van der Waals surface area (Å²) in [7, 11) is 1.68. The molecule has 0 bridgehead atoms.